The highest BCUT2D eigenvalue weighted by molar-refractivity contribution is 5.26. The van der Waals surface area contributed by atoms with Crippen LogP contribution in [0.5, 0.6) is 0 Å². The Bertz CT molecular complexity index is 544. The Hall–Kier alpha value is -1.64. The SMILES string of the molecule is CCN(CC)CCNC(Cc1ccccc1)c1ccc(C)cc1. The smallest absolute Gasteiger partial charge is 0.0361 e. The van der Waals surface area contributed by atoms with Gasteiger partial charge in [0, 0.05) is 19.1 Å². The van der Waals surface area contributed by atoms with E-state index in [0.29, 0.717) is 6.04 Å². The zero-order chi connectivity index (χ0) is 16.5. The van der Waals surface area contributed by atoms with Crippen LogP contribution in [0, 0.1) is 6.92 Å². The molecule has 0 aromatic heterocycles. The van der Waals surface area contributed by atoms with Gasteiger partial charge in [-0.05, 0) is 37.6 Å². The average molecular weight is 310 g/mol. The van der Waals surface area contributed by atoms with Crippen LogP contribution in [0.15, 0.2) is 54.6 Å². The highest BCUT2D eigenvalue weighted by Crippen LogP contribution is 2.19. The summed E-state index contributed by atoms with van der Waals surface area (Å²) in [5.41, 5.74) is 4.07. The number of nitrogens with zero attached hydrogens (tertiary/aromatic N) is 1. The van der Waals surface area contributed by atoms with Crippen molar-refractivity contribution in [2.24, 2.45) is 0 Å². The molecule has 0 fully saturated rings. The maximum absolute atomic E-state index is 3.76. The predicted octanol–water partition coefficient (Wildman–Crippen LogP) is 4.21. The van der Waals surface area contributed by atoms with Gasteiger partial charge in [-0.2, -0.15) is 0 Å². The quantitative estimate of drug-likeness (QED) is 0.746. The number of hydrogen-bond acceptors (Lipinski definition) is 2. The first-order valence-electron chi connectivity index (χ1n) is 8.79. The molecule has 0 bridgehead atoms. The third-order valence-electron chi connectivity index (χ3n) is 4.48. The Morgan fingerprint density at radius 1 is 0.913 bits per heavy atom. The second kappa shape index (κ2) is 9.49. The molecule has 0 radical (unpaired) electrons. The van der Waals surface area contributed by atoms with E-state index in [1.54, 1.807) is 0 Å². The van der Waals surface area contributed by atoms with Gasteiger partial charge in [0.1, 0.15) is 0 Å². The summed E-state index contributed by atoms with van der Waals surface area (Å²) < 4.78 is 0. The van der Waals surface area contributed by atoms with Crippen LogP contribution in [0.3, 0.4) is 0 Å². The van der Waals surface area contributed by atoms with Crippen molar-refractivity contribution in [1.82, 2.24) is 10.2 Å². The van der Waals surface area contributed by atoms with Crippen molar-refractivity contribution < 1.29 is 0 Å². The number of hydrogen-bond donors (Lipinski definition) is 1. The second-order valence-electron chi connectivity index (χ2n) is 6.13. The van der Waals surface area contributed by atoms with Crippen LogP contribution in [-0.2, 0) is 6.42 Å². The largest absolute Gasteiger partial charge is 0.308 e. The van der Waals surface area contributed by atoms with Gasteiger partial charge in [-0.1, -0.05) is 74.0 Å². The van der Waals surface area contributed by atoms with Crippen molar-refractivity contribution >= 4 is 0 Å². The first kappa shape index (κ1) is 17.7. The molecule has 0 saturated heterocycles. The van der Waals surface area contributed by atoms with Crippen LogP contribution in [0.2, 0.25) is 0 Å². The Balaban J connectivity index is 2.03. The van der Waals surface area contributed by atoms with Crippen molar-refractivity contribution in [3.05, 3.63) is 71.3 Å². The molecule has 124 valence electrons. The lowest BCUT2D eigenvalue weighted by atomic mass is 9.98. The van der Waals surface area contributed by atoms with E-state index in [1.165, 1.54) is 16.7 Å². The fourth-order valence-electron chi connectivity index (χ4n) is 2.89. The van der Waals surface area contributed by atoms with Gasteiger partial charge in [0.05, 0.1) is 0 Å². The summed E-state index contributed by atoms with van der Waals surface area (Å²) in [5.74, 6) is 0. The zero-order valence-electron chi connectivity index (χ0n) is 14.8. The number of benzene rings is 2. The van der Waals surface area contributed by atoms with Gasteiger partial charge in [-0.25, -0.2) is 0 Å². The summed E-state index contributed by atoms with van der Waals surface area (Å²) in [6, 6.07) is 20.1. The van der Waals surface area contributed by atoms with Crippen LogP contribution >= 0.6 is 0 Å². The van der Waals surface area contributed by atoms with E-state index in [1.807, 2.05) is 0 Å². The highest BCUT2D eigenvalue weighted by atomic mass is 15.1. The van der Waals surface area contributed by atoms with Crippen molar-refractivity contribution in [3.63, 3.8) is 0 Å². The predicted molar refractivity (Wildman–Crippen MR) is 99.9 cm³/mol. The molecule has 2 aromatic carbocycles. The van der Waals surface area contributed by atoms with Crippen LogP contribution in [0.25, 0.3) is 0 Å². The number of aryl methyl sites for hydroxylation is 1. The molecule has 2 rings (SSSR count). The van der Waals surface area contributed by atoms with Crippen molar-refractivity contribution in [2.45, 2.75) is 33.2 Å². The van der Waals surface area contributed by atoms with Crippen molar-refractivity contribution in [2.75, 3.05) is 26.2 Å². The first-order valence-corrected chi connectivity index (χ1v) is 8.79. The molecule has 2 aromatic rings. The topological polar surface area (TPSA) is 15.3 Å². The molecule has 1 unspecified atom stereocenters. The van der Waals surface area contributed by atoms with E-state index >= 15 is 0 Å². The molecule has 0 amide bonds. The lowest BCUT2D eigenvalue weighted by molar-refractivity contribution is 0.296. The van der Waals surface area contributed by atoms with E-state index in [2.05, 4.69) is 85.6 Å². The fourth-order valence-corrected chi connectivity index (χ4v) is 2.89. The summed E-state index contributed by atoms with van der Waals surface area (Å²) in [7, 11) is 0. The average Bonchev–Trinajstić information content (AvgIpc) is 2.59. The van der Waals surface area contributed by atoms with E-state index in [4.69, 9.17) is 0 Å². The maximum Gasteiger partial charge on any atom is 0.0361 e. The number of nitrogens with one attached hydrogen (secondary N) is 1. The lowest BCUT2D eigenvalue weighted by Crippen LogP contribution is -2.34. The monoisotopic (exact) mass is 310 g/mol. The minimum Gasteiger partial charge on any atom is -0.308 e. The molecule has 0 aliphatic rings. The normalized spacial score (nSPS) is 12.5. The second-order valence-corrected chi connectivity index (χ2v) is 6.13. The number of rotatable bonds is 9. The third-order valence-corrected chi connectivity index (χ3v) is 4.48. The molecule has 0 aliphatic carbocycles. The Morgan fingerprint density at radius 2 is 1.57 bits per heavy atom. The molecule has 23 heavy (non-hydrogen) atoms. The molecule has 0 aliphatic heterocycles. The van der Waals surface area contributed by atoms with Gasteiger partial charge in [0.15, 0.2) is 0 Å². The van der Waals surface area contributed by atoms with Crippen molar-refractivity contribution in [3.8, 4) is 0 Å². The summed E-state index contributed by atoms with van der Waals surface area (Å²) in [6.45, 7) is 11.0. The van der Waals surface area contributed by atoms with Gasteiger partial charge >= 0.3 is 0 Å². The van der Waals surface area contributed by atoms with E-state index in [9.17, 15) is 0 Å². The van der Waals surface area contributed by atoms with E-state index in [-0.39, 0.29) is 0 Å². The van der Waals surface area contributed by atoms with E-state index < -0.39 is 0 Å². The molecular weight excluding hydrogens is 280 g/mol. The van der Waals surface area contributed by atoms with Gasteiger partial charge < -0.3 is 10.2 Å². The van der Waals surface area contributed by atoms with Crippen molar-refractivity contribution in [1.29, 1.82) is 0 Å². The van der Waals surface area contributed by atoms with Crippen LogP contribution in [0.4, 0.5) is 0 Å². The molecule has 1 N–H and O–H groups in total. The minimum absolute atomic E-state index is 0.369. The molecule has 2 heteroatoms. The molecule has 1 atom stereocenters. The van der Waals surface area contributed by atoms with Gasteiger partial charge in [-0.3, -0.25) is 0 Å². The third kappa shape index (κ3) is 5.81. The van der Waals surface area contributed by atoms with E-state index in [0.717, 1.165) is 32.6 Å². The van der Waals surface area contributed by atoms with Crippen LogP contribution in [0.1, 0.15) is 36.6 Å². The van der Waals surface area contributed by atoms with Crippen LogP contribution in [-0.4, -0.2) is 31.1 Å². The van der Waals surface area contributed by atoms with Gasteiger partial charge in [-0.15, -0.1) is 0 Å². The standard InChI is InChI=1S/C21H30N2/c1-4-23(5-2)16-15-22-21(17-19-9-7-6-8-10-19)20-13-11-18(3)12-14-20/h6-14,21-22H,4-5,15-17H2,1-3H3. The molecule has 0 spiro atoms. The zero-order valence-corrected chi connectivity index (χ0v) is 14.8. The van der Waals surface area contributed by atoms with Gasteiger partial charge in [0.2, 0.25) is 0 Å². The Morgan fingerprint density at radius 3 is 2.17 bits per heavy atom. The maximum atomic E-state index is 3.76. The van der Waals surface area contributed by atoms with Gasteiger partial charge in [0.25, 0.3) is 0 Å². The Labute approximate surface area is 141 Å². The summed E-state index contributed by atoms with van der Waals surface area (Å²) in [6.07, 6.45) is 1.03. The molecule has 0 heterocycles. The Kier molecular flexibility index (Phi) is 7.31. The summed E-state index contributed by atoms with van der Waals surface area (Å²) >= 11 is 0. The molecule has 2 nitrogen and oxygen atoms in total. The molecular formula is C21H30N2. The summed E-state index contributed by atoms with van der Waals surface area (Å²) in [4.78, 5) is 2.46. The number of likely N-dealkylation sites (N-methyl/N-ethyl adjacent to an activating group) is 1. The fraction of sp³-hybridized carbons (Fsp3) is 0.429. The first-order chi connectivity index (χ1) is 11.2. The van der Waals surface area contributed by atoms with Crippen LogP contribution < -0.4 is 5.32 Å². The lowest BCUT2D eigenvalue weighted by Gasteiger charge is -2.23. The highest BCUT2D eigenvalue weighted by Gasteiger charge is 2.12. The minimum atomic E-state index is 0.369. The summed E-state index contributed by atoms with van der Waals surface area (Å²) in [5, 5.41) is 3.76. The molecule has 0 saturated carbocycles.